The lowest BCUT2D eigenvalue weighted by Gasteiger charge is -2.16. The minimum Gasteiger partial charge on any atom is -0.481 e. The van der Waals surface area contributed by atoms with Gasteiger partial charge < -0.3 is 20.6 Å². The molecule has 1 aliphatic rings. The van der Waals surface area contributed by atoms with E-state index in [1.54, 1.807) is 12.1 Å². The van der Waals surface area contributed by atoms with Crippen LogP contribution in [0.5, 0.6) is 0 Å². The normalized spacial score (nSPS) is 14.1. The summed E-state index contributed by atoms with van der Waals surface area (Å²) in [4.78, 5) is 26.2. The molecule has 3 N–H and O–H groups in total. The van der Waals surface area contributed by atoms with Crippen LogP contribution in [0.15, 0.2) is 66.7 Å². The van der Waals surface area contributed by atoms with Crippen molar-refractivity contribution >= 4 is 46.1 Å². The third-order valence-corrected chi connectivity index (χ3v) is 5.78. The molecule has 174 valence electrons. The Morgan fingerprint density at radius 2 is 1.79 bits per heavy atom. The number of benzene rings is 3. The summed E-state index contributed by atoms with van der Waals surface area (Å²) in [6, 6.07) is 21.0. The van der Waals surface area contributed by atoms with Crippen LogP contribution in [0, 0.1) is 0 Å². The zero-order valence-corrected chi connectivity index (χ0v) is 19.8. The van der Waals surface area contributed by atoms with Crippen molar-refractivity contribution in [3.63, 3.8) is 0 Å². The fourth-order valence-electron chi connectivity index (χ4n) is 4.01. The quantitative estimate of drug-likeness (QED) is 0.382. The summed E-state index contributed by atoms with van der Waals surface area (Å²) in [5.41, 5.74) is 6.29. The Morgan fingerprint density at radius 3 is 2.50 bits per heavy atom. The first kappa shape index (κ1) is 23.5. The second-order valence-electron chi connectivity index (χ2n) is 8.55. The largest absolute Gasteiger partial charge is 0.481 e. The highest BCUT2D eigenvalue weighted by Crippen LogP contribution is 2.39. The molecule has 4 rings (SSSR count). The first-order valence-electron chi connectivity index (χ1n) is 11.0. The van der Waals surface area contributed by atoms with Gasteiger partial charge in [0.15, 0.2) is 0 Å². The van der Waals surface area contributed by atoms with Gasteiger partial charge in [0.05, 0.1) is 17.0 Å². The molecule has 1 aliphatic heterocycles. The number of aliphatic carboxylic acids is 1. The first-order valence-corrected chi connectivity index (χ1v) is 11.4. The number of nitrogens with zero attached hydrogens (tertiary/aromatic N) is 1. The number of hydrogen-bond acceptors (Lipinski definition) is 4. The van der Waals surface area contributed by atoms with Crippen molar-refractivity contribution in [3.05, 3.63) is 94.0 Å². The van der Waals surface area contributed by atoms with Crippen LogP contribution in [0.25, 0.3) is 11.3 Å². The predicted molar refractivity (Wildman–Crippen MR) is 137 cm³/mol. The molecule has 0 radical (unpaired) electrons. The van der Waals surface area contributed by atoms with Crippen molar-refractivity contribution in [2.75, 3.05) is 24.7 Å². The average Bonchev–Trinajstić information content (AvgIpc) is 3.11. The molecule has 0 saturated heterocycles. The summed E-state index contributed by atoms with van der Waals surface area (Å²) in [6.45, 7) is 0.830. The summed E-state index contributed by atoms with van der Waals surface area (Å²) in [6.07, 6.45) is 0.446. The number of carboxylic acids is 1. The Hall–Kier alpha value is -3.61. The van der Waals surface area contributed by atoms with Crippen LogP contribution in [0.3, 0.4) is 0 Å². The van der Waals surface area contributed by atoms with Crippen molar-refractivity contribution in [1.29, 1.82) is 0 Å². The molecule has 0 fully saturated rings. The number of amides is 1. The van der Waals surface area contributed by atoms with Gasteiger partial charge in [-0.2, -0.15) is 0 Å². The Morgan fingerprint density at radius 1 is 1.03 bits per heavy atom. The van der Waals surface area contributed by atoms with Gasteiger partial charge >= 0.3 is 5.97 Å². The average molecular weight is 476 g/mol. The maximum absolute atomic E-state index is 13.1. The van der Waals surface area contributed by atoms with Crippen LogP contribution >= 0.6 is 11.6 Å². The molecule has 7 heteroatoms. The lowest BCUT2D eigenvalue weighted by molar-refractivity contribution is -0.137. The molecule has 0 aromatic heterocycles. The number of carboxylic acid groups (broad SMARTS) is 1. The van der Waals surface area contributed by atoms with Crippen molar-refractivity contribution in [2.45, 2.75) is 19.4 Å². The van der Waals surface area contributed by atoms with Gasteiger partial charge in [-0.05, 0) is 67.5 Å². The van der Waals surface area contributed by atoms with E-state index in [1.165, 1.54) is 5.56 Å². The number of aryl methyl sites for hydroxylation is 1. The molecular weight excluding hydrogens is 450 g/mol. The van der Waals surface area contributed by atoms with Crippen molar-refractivity contribution in [1.82, 2.24) is 4.90 Å². The monoisotopic (exact) mass is 475 g/mol. The molecule has 0 spiro atoms. The van der Waals surface area contributed by atoms with Gasteiger partial charge in [-0.1, -0.05) is 48.0 Å². The number of carbonyl (C=O) groups is 2. The predicted octanol–water partition coefficient (Wildman–Crippen LogP) is 5.35. The SMILES string of the molecule is CN(C)Cc1ccc(N/C(=C2\C(=O)Nc3cc(Cl)ccc32)c2cccc(CCC(=O)O)c2)cc1. The maximum atomic E-state index is 13.1. The standard InChI is InChI=1S/C27H26ClN3O3/c1-31(2)16-18-6-10-21(11-7-18)29-26(19-5-3-4-17(14-19)8-13-24(32)33)25-22-12-9-20(28)15-23(22)30-27(25)34/h3-7,9-12,14-15,29H,8,13,16H2,1-2H3,(H,30,34)(H,32,33)/b26-25-. The number of fused-ring (bicyclic) bond motifs is 1. The van der Waals surface area contributed by atoms with Gasteiger partial charge in [-0.25, -0.2) is 0 Å². The lowest BCUT2D eigenvalue weighted by atomic mass is 9.97. The molecule has 0 atom stereocenters. The van der Waals surface area contributed by atoms with Gasteiger partial charge in [0.2, 0.25) is 0 Å². The molecule has 0 bridgehead atoms. The lowest BCUT2D eigenvalue weighted by Crippen LogP contribution is -2.11. The van der Waals surface area contributed by atoms with E-state index in [0.717, 1.165) is 28.9 Å². The summed E-state index contributed by atoms with van der Waals surface area (Å²) in [5, 5.41) is 16.0. The number of rotatable bonds is 8. The van der Waals surface area contributed by atoms with Crippen LogP contribution in [0.4, 0.5) is 11.4 Å². The van der Waals surface area contributed by atoms with E-state index in [-0.39, 0.29) is 12.3 Å². The van der Waals surface area contributed by atoms with Gasteiger partial charge in [-0.3, -0.25) is 9.59 Å². The van der Waals surface area contributed by atoms with E-state index < -0.39 is 5.97 Å². The fourth-order valence-corrected chi connectivity index (χ4v) is 4.18. The van der Waals surface area contributed by atoms with E-state index in [0.29, 0.717) is 28.4 Å². The van der Waals surface area contributed by atoms with Crippen LogP contribution < -0.4 is 10.6 Å². The van der Waals surface area contributed by atoms with E-state index in [4.69, 9.17) is 16.7 Å². The third kappa shape index (κ3) is 5.47. The van der Waals surface area contributed by atoms with Gasteiger partial charge in [0.25, 0.3) is 5.91 Å². The zero-order chi connectivity index (χ0) is 24.2. The number of halogens is 1. The van der Waals surface area contributed by atoms with E-state index in [9.17, 15) is 9.59 Å². The van der Waals surface area contributed by atoms with Crippen LogP contribution in [-0.2, 0) is 22.6 Å². The fraction of sp³-hybridized carbons (Fsp3) is 0.185. The minimum absolute atomic E-state index is 0.0396. The number of carbonyl (C=O) groups excluding carboxylic acids is 1. The molecule has 0 unspecified atom stereocenters. The van der Waals surface area contributed by atoms with Crippen molar-refractivity contribution < 1.29 is 14.7 Å². The second kappa shape index (κ2) is 10.1. The number of nitrogens with one attached hydrogen (secondary N) is 2. The van der Waals surface area contributed by atoms with Crippen molar-refractivity contribution in [3.8, 4) is 0 Å². The van der Waals surface area contributed by atoms with Gasteiger partial charge in [0.1, 0.15) is 0 Å². The highest BCUT2D eigenvalue weighted by Gasteiger charge is 2.28. The summed E-state index contributed by atoms with van der Waals surface area (Å²) >= 11 is 6.14. The topological polar surface area (TPSA) is 81.7 Å². The molecule has 6 nitrogen and oxygen atoms in total. The minimum atomic E-state index is -0.846. The van der Waals surface area contributed by atoms with E-state index in [1.807, 2.05) is 56.6 Å². The highest BCUT2D eigenvalue weighted by molar-refractivity contribution is 6.38. The number of anilines is 2. The Kier molecular flexibility index (Phi) is 7.01. The summed E-state index contributed by atoms with van der Waals surface area (Å²) in [7, 11) is 4.04. The summed E-state index contributed by atoms with van der Waals surface area (Å²) in [5.74, 6) is -1.07. The third-order valence-electron chi connectivity index (χ3n) is 5.54. The molecular formula is C27H26ClN3O3. The first-order chi connectivity index (χ1) is 16.3. The van der Waals surface area contributed by atoms with E-state index >= 15 is 0 Å². The van der Waals surface area contributed by atoms with Gasteiger partial charge in [0, 0.05) is 29.2 Å². The Balaban J connectivity index is 1.78. The molecule has 1 amide bonds. The molecule has 1 heterocycles. The van der Waals surface area contributed by atoms with Crippen molar-refractivity contribution in [2.24, 2.45) is 0 Å². The maximum Gasteiger partial charge on any atom is 0.303 e. The Labute approximate surface area is 203 Å². The highest BCUT2D eigenvalue weighted by atomic mass is 35.5. The zero-order valence-electron chi connectivity index (χ0n) is 19.1. The number of hydrogen-bond donors (Lipinski definition) is 3. The molecule has 0 aliphatic carbocycles. The van der Waals surface area contributed by atoms with Crippen LogP contribution in [0.1, 0.15) is 28.7 Å². The molecule has 34 heavy (non-hydrogen) atoms. The van der Waals surface area contributed by atoms with Crippen LogP contribution in [-0.4, -0.2) is 36.0 Å². The summed E-state index contributed by atoms with van der Waals surface area (Å²) < 4.78 is 0. The van der Waals surface area contributed by atoms with Crippen LogP contribution in [0.2, 0.25) is 5.02 Å². The second-order valence-corrected chi connectivity index (χ2v) is 8.98. The van der Waals surface area contributed by atoms with E-state index in [2.05, 4.69) is 27.7 Å². The molecule has 0 saturated carbocycles. The Bertz CT molecular complexity index is 1270. The molecule has 3 aromatic rings. The van der Waals surface area contributed by atoms with Gasteiger partial charge in [-0.15, -0.1) is 0 Å². The molecule has 3 aromatic carbocycles. The smallest absolute Gasteiger partial charge is 0.303 e.